The number of rotatable bonds is 6. The lowest BCUT2D eigenvalue weighted by molar-refractivity contribution is -0.117. The molecular formula is C19H25N3O3. The summed E-state index contributed by atoms with van der Waals surface area (Å²) in [5, 5.41) is 2.93. The summed E-state index contributed by atoms with van der Waals surface area (Å²) in [5.74, 6) is 1.29. The second-order valence-electron chi connectivity index (χ2n) is 6.29. The van der Waals surface area contributed by atoms with Crippen LogP contribution in [0.15, 0.2) is 42.7 Å². The Morgan fingerprint density at radius 2 is 1.68 bits per heavy atom. The van der Waals surface area contributed by atoms with Gasteiger partial charge in [-0.25, -0.2) is 0 Å². The van der Waals surface area contributed by atoms with E-state index in [2.05, 4.69) is 39.3 Å². The van der Waals surface area contributed by atoms with Gasteiger partial charge in [-0.2, -0.15) is 0 Å². The van der Waals surface area contributed by atoms with Crippen molar-refractivity contribution in [1.29, 1.82) is 0 Å². The number of amides is 1. The monoisotopic (exact) mass is 343 g/mol. The van der Waals surface area contributed by atoms with Crippen LogP contribution < -0.4 is 14.8 Å². The first-order valence-corrected chi connectivity index (χ1v) is 8.55. The van der Waals surface area contributed by atoms with E-state index in [9.17, 15) is 4.79 Å². The SMILES string of the molecule is COc1cc(NC(=O)CN2CCC(n3cccc3)CC2)cc(OC)c1. The molecule has 0 spiro atoms. The number of likely N-dealkylation sites (tertiary alicyclic amines) is 1. The van der Waals surface area contributed by atoms with Crippen molar-refractivity contribution in [3.63, 3.8) is 0 Å². The zero-order chi connectivity index (χ0) is 17.6. The van der Waals surface area contributed by atoms with E-state index in [1.54, 1.807) is 32.4 Å². The fourth-order valence-corrected chi connectivity index (χ4v) is 3.25. The molecule has 1 N–H and O–H groups in total. The van der Waals surface area contributed by atoms with Crippen LogP contribution in [0.4, 0.5) is 5.69 Å². The maximum atomic E-state index is 12.4. The molecule has 1 aliphatic rings. The minimum Gasteiger partial charge on any atom is -0.497 e. The minimum atomic E-state index is -0.0188. The highest BCUT2D eigenvalue weighted by Crippen LogP contribution is 2.26. The van der Waals surface area contributed by atoms with Crippen molar-refractivity contribution in [3.05, 3.63) is 42.7 Å². The maximum absolute atomic E-state index is 12.4. The molecule has 25 heavy (non-hydrogen) atoms. The molecule has 0 saturated carbocycles. The lowest BCUT2D eigenvalue weighted by Crippen LogP contribution is -2.39. The van der Waals surface area contributed by atoms with Crippen molar-refractivity contribution in [3.8, 4) is 11.5 Å². The summed E-state index contributed by atoms with van der Waals surface area (Å²) in [5.41, 5.74) is 0.684. The van der Waals surface area contributed by atoms with Gasteiger partial charge in [-0.1, -0.05) is 0 Å². The summed E-state index contributed by atoms with van der Waals surface area (Å²) in [6, 6.07) is 10.0. The number of piperidine rings is 1. The lowest BCUT2D eigenvalue weighted by Gasteiger charge is -2.32. The largest absolute Gasteiger partial charge is 0.497 e. The average molecular weight is 343 g/mol. The van der Waals surface area contributed by atoms with Crippen molar-refractivity contribution in [2.45, 2.75) is 18.9 Å². The Bertz CT molecular complexity index is 670. The average Bonchev–Trinajstić information content (AvgIpc) is 3.16. The topological polar surface area (TPSA) is 55.7 Å². The molecule has 3 rings (SSSR count). The molecule has 1 fully saturated rings. The van der Waals surface area contributed by atoms with Crippen LogP contribution in [0.3, 0.4) is 0 Å². The van der Waals surface area contributed by atoms with Gasteiger partial charge in [0.2, 0.25) is 5.91 Å². The number of nitrogens with zero attached hydrogens (tertiary/aromatic N) is 2. The van der Waals surface area contributed by atoms with E-state index < -0.39 is 0 Å². The van der Waals surface area contributed by atoms with E-state index in [-0.39, 0.29) is 5.91 Å². The molecule has 2 aromatic rings. The van der Waals surface area contributed by atoms with E-state index in [1.165, 1.54) is 0 Å². The number of aromatic nitrogens is 1. The molecule has 6 heteroatoms. The van der Waals surface area contributed by atoms with Crippen molar-refractivity contribution in [1.82, 2.24) is 9.47 Å². The number of ether oxygens (including phenoxy) is 2. The van der Waals surface area contributed by atoms with Crippen LogP contribution in [0, 0.1) is 0 Å². The summed E-state index contributed by atoms with van der Waals surface area (Å²) >= 11 is 0. The fourth-order valence-electron chi connectivity index (χ4n) is 3.25. The number of hydrogen-bond acceptors (Lipinski definition) is 4. The highest BCUT2D eigenvalue weighted by molar-refractivity contribution is 5.92. The second kappa shape index (κ2) is 8.07. The zero-order valence-electron chi connectivity index (χ0n) is 14.8. The summed E-state index contributed by atoms with van der Waals surface area (Å²) in [6.45, 7) is 2.26. The van der Waals surface area contributed by atoms with Crippen LogP contribution in [-0.4, -0.2) is 49.2 Å². The van der Waals surface area contributed by atoms with Gasteiger partial charge in [-0.3, -0.25) is 9.69 Å². The number of hydrogen-bond donors (Lipinski definition) is 1. The first-order valence-electron chi connectivity index (χ1n) is 8.55. The number of nitrogens with one attached hydrogen (secondary N) is 1. The number of methoxy groups -OCH3 is 2. The maximum Gasteiger partial charge on any atom is 0.238 e. The Hall–Kier alpha value is -2.47. The molecule has 134 valence electrons. The summed E-state index contributed by atoms with van der Waals surface area (Å²) in [6.07, 6.45) is 6.36. The Morgan fingerprint density at radius 1 is 1.08 bits per heavy atom. The van der Waals surface area contributed by atoms with E-state index >= 15 is 0 Å². The number of carbonyl (C=O) groups is 1. The van der Waals surface area contributed by atoms with E-state index in [1.807, 2.05) is 0 Å². The lowest BCUT2D eigenvalue weighted by atomic mass is 10.1. The van der Waals surface area contributed by atoms with Gasteiger partial charge in [0.1, 0.15) is 11.5 Å². The Labute approximate surface area is 148 Å². The molecule has 0 bridgehead atoms. The first kappa shape index (κ1) is 17.4. The Balaban J connectivity index is 1.52. The minimum absolute atomic E-state index is 0.0188. The predicted molar refractivity (Wildman–Crippen MR) is 97.3 cm³/mol. The van der Waals surface area contributed by atoms with Crippen molar-refractivity contribution >= 4 is 11.6 Å². The van der Waals surface area contributed by atoms with Crippen LogP contribution in [-0.2, 0) is 4.79 Å². The molecule has 6 nitrogen and oxygen atoms in total. The van der Waals surface area contributed by atoms with Crippen LogP contribution >= 0.6 is 0 Å². The van der Waals surface area contributed by atoms with Gasteiger partial charge in [0.15, 0.2) is 0 Å². The predicted octanol–water partition coefficient (Wildman–Crippen LogP) is 2.78. The molecule has 1 amide bonds. The fraction of sp³-hybridized carbons (Fsp3) is 0.421. The van der Waals surface area contributed by atoms with Crippen LogP contribution in [0.25, 0.3) is 0 Å². The van der Waals surface area contributed by atoms with Gasteiger partial charge in [0.25, 0.3) is 0 Å². The highest BCUT2D eigenvalue weighted by Gasteiger charge is 2.21. The second-order valence-corrected chi connectivity index (χ2v) is 6.29. The third-order valence-electron chi connectivity index (χ3n) is 4.61. The molecule has 0 atom stereocenters. The molecule has 1 aromatic heterocycles. The van der Waals surface area contributed by atoms with Crippen molar-refractivity contribution in [2.75, 3.05) is 39.2 Å². The van der Waals surface area contributed by atoms with Gasteiger partial charge in [0.05, 0.1) is 20.8 Å². The molecule has 0 unspecified atom stereocenters. The molecule has 0 aliphatic carbocycles. The smallest absolute Gasteiger partial charge is 0.238 e. The van der Waals surface area contributed by atoms with Crippen LogP contribution in [0.5, 0.6) is 11.5 Å². The molecule has 1 aliphatic heterocycles. The zero-order valence-corrected chi connectivity index (χ0v) is 14.8. The third kappa shape index (κ3) is 4.54. The molecule has 1 aromatic carbocycles. The van der Waals surface area contributed by atoms with Gasteiger partial charge in [0, 0.05) is 55.4 Å². The number of anilines is 1. The summed E-state index contributed by atoms with van der Waals surface area (Å²) < 4.78 is 12.7. The van der Waals surface area contributed by atoms with Gasteiger partial charge in [-0.15, -0.1) is 0 Å². The van der Waals surface area contributed by atoms with Gasteiger partial charge in [-0.05, 0) is 25.0 Å². The number of carbonyl (C=O) groups excluding carboxylic acids is 1. The molecular weight excluding hydrogens is 318 g/mol. The van der Waals surface area contributed by atoms with E-state index in [0.29, 0.717) is 29.8 Å². The summed E-state index contributed by atoms with van der Waals surface area (Å²) in [7, 11) is 3.19. The van der Waals surface area contributed by atoms with E-state index in [0.717, 1.165) is 25.9 Å². The molecule has 2 heterocycles. The molecule has 1 saturated heterocycles. The quantitative estimate of drug-likeness (QED) is 0.876. The first-order chi connectivity index (χ1) is 12.2. The Kier molecular flexibility index (Phi) is 5.60. The number of benzene rings is 1. The standard InChI is InChI=1S/C19H25N3O3/c1-24-17-11-15(12-18(13-17)25-2)20-19(23)14-21-9-5-16(6-10-21)22-7-3-4-8-22/h3-4,7-8,11-13,16H,5-6,9-10,14H2,1-2H3,(H,20,23). The Morgan fingerprint density at radius 3 is 2.24 bits per heavy atom. The molecule has 0 radical (unpaired) electrons. The van der Waals surface area contributed by atoms with Crippen molar-refractivity contribution < 1.29 is 14.3 Å². The normalized spacial score (nSPS) is 15.8. The highest BCUT2D eigenvalue weighted by atomic mass is 16.5. The summed E-state index contributed by atoms with van der Waals surface area (Å²) in [4.78, 5) is 14.6. The van der Waals surface area contributed by atoms with Crippen LogP contribution in [0.1, 0.15) is 18.9 Å². The third-order valence-corrected chi connectivity index (χ3v) is 4.61. The van der Waals surface area contributed by atoms with Gasteiger partial charge < -0.3 is 19.4 Å². The van der Waals surface area contributed by atoms with Crippen LogP contribution in [0.2, 0.25) is 0 Å². The van der Waals surface area contributed by atoms with E-state index in [4.69, 9.17) is 9.47 Å². The van der Waals surface area contributed by atoms with Gasteiger partial charge >= 0.3 is 0 Å². The van der Waals surface area contributed by atoms with Crippen molar-refractivity contribution in [2.24, 2.45) is 0 Å².